The van der Waals surface area contributed by atoms with Crippen molar-refractivity contribution in [3.63, 3.8) is 0 Å². The summed E-state index contributed by atoms with van der Waals surface area (Å²) in [5.41, 5.74) is 1.54. The molecule has 206 valence electrons. The quantitative estimate of drug-likeness (QED) is 0.155. The summed E-state index contributed by atoms with van der Waals surface area (Å²) in [4.78, 5) is 12.9. The molecule has 5 nitrogen and oxygen atoms in total. The van der Waals surface area contributed by atoms with Gasteiger partial charge in [0.2, 0.25) is 11.7 Å². The van der Waals surface area contributed by atoms with E-state index in [-0.39, 0.29) is 17.1 Å². The van der Waals surface area contributed by atoms with Crippen LogP contribution in [0.15, 0.2) is 42.9 Å². The number of halogens is 2. The van der Waals surface area contributed by atoms with Gasteiger partial charge in [-0.15, -0.1) is 0 Å². The van der Waals surface area contributed by atoms with E-state index < -0.39 is 11.6 Å². The van der Waals surface area contributed by atoms with Gasteiger partial charge < -0.3 is 9.47 Å². The highest BCUT2D eigenvalue weighted by atomic mass is 19.2. The number of hydrogen-bond donors (Lipinski definition) is 0. The minimum absolute atomic E-state index is 0.00228. The second kappa shape index (κ2) is 16.7. The number of pyridine rings is 1. The highest BCUT2D eigenvalue weighted by Gasteiger charge is 2.17. The molecule has 0 atom stereocenters. The molecular weight excluding hydrogens is 484 g/mol. The number of rotatable bonds is 18. The van der Waals surface area contributed by atoms with Crippen molar-refractivity contribution in [2.75, 3.05) is 13.2 Å². The molecule has 0 fully saturated rings. The maximum atomic E-state index is 14.8. The van der Waals surface area contributed by atoms with Crippen molar-refractivity contribution >= 4 is 0 Å². The molecular formula is C31H41F2N3O2. The molecule has 0 unspecified atom stereocenters. The van der Waals surface area contributed by atoms with Gasteiger partial charge in [-0.1, -0.05) is 78.1 Å². The largest absolute Gasteiger partial charge is 0.490 e. The van der Waals surface area contributed by atoms with E-state index in [1.54, 1.807) is 18.6 Å². The van der Waals surface area contributed by atoms with Crippen molar-refractivity contribution in [1.82, 2.24) is 15.0 Å². The SMILES string of the molecule is CCCCCCCCOc1ccc(-c2cnc(-c3ccc(OCCCCCCCC)c(F)c3F)nc2)cn1. The lowest BCUT2D eigenvalue weighted by atomic mass is 10.1. The maximum Gasteiger partial charge on any atom is 0.213 e. The number of hydrogen-bond acceptors (Lipinski definition) is 5. The first-order chi connectivity index (χ1) is 18.6. The zero-order chi connectivity index (χ0) is 27.0. The van der Waals surface area contributed by atoms with Crippen LogP contribution in [0.2, 0.25) is 0 Å². The standard InChI is InChI=1S/C31H41F2N3O2/c1-3-5-7-9-11-13-19-37-27-17-16-26(29(32)30(27)33)31-35-22-25(23-36-31)24-15-18-28(34-21-24)38-20-14-12-10-8-6-4-2/h15-18,21-23H,3-14,19-20H2,1-2H3. The van der Waals surface area contributed by atoms with Crippen LogP contribution in [0.5, 0.6) is 11.6 Å². The summed E-state index contributed by atoms with van der Waals surface area (Å²) in [6.07, 6.45) is 18.7. The second-order valence-corrected chi connectivity index (χ2v) is 9.65. The summed E-state index contributed by atoms with van der Waals surface area (Å²) >= 11 is 0. The van der Waals surface area contributed by atoms with Gasteiger partial charge in [0.1, 0.15) is 0 Å². The van der Waals surface area contributed by atoms with E-state index in [2.05, 4.69) is 28.8 Å². The molecule has 3 aromatic rings. The van der Waals surface area contributed by atoms with Crippen LogP contribution in [-0.2, 0) is 0 Å². The molecule has 0 aliphatic rings. The Hall–Kier alpha value is -3.09. The minimum Gasteiger partial charge on any atom is -0.490 e. The predicted molar refractivity (Wildman–Crippen MR) is 148 cm³/mol. The molecule has 0 saturated carbocycles. The molecule has 0 amide bonds. The Kier molecular flexibility index (Phi) is 12.9. The highest BCUT2D eigenvalue weighted by molar-refractivity contribution is 5.64. The van der Waals surface area contributed by atoms with Crippen LogP contribution in [0.3, 0.4) is 0 Å². The zero-order valence-electron chi connectivity index (χ0n) is 22.9. The van der Waals surface area contributed by atoms with Gasteiger partial charge in [-0.25, -0.2) is 19.3 Å². The minimum atomic E-state index is -1.01. The van der Waals surface area contributed by atoms with Crippen LogP contribution in [0.25, 0.3) is 22.5 Å². The summed E-state index contributed by atoms with van der Waals surface area (Å²) in [7, 11) is 0. The summed E-state index contributed by atoms with van der Waals surface area (Å²) < 4.78 is 40.6. The number of nitrogens with zero attached hydrogens (tertiary/aromatic N) is 3. The van der Waals surface area contributed by atoms with E-state index in [0.717, 1.165) is 36.8 Å². The predicted octanol–water partition coefficient (Wildman–Crippen LogP) is 8.96. The summed E-state index contributed by atoms with van der Waals surface area (Å²) in [6.45, 7) is 5.41. The van der Waals surface area contributed by atoms with Crippen LogP contribution >= 0.6 is 0 Å². The molecule has 0 saturated heterocycles. The number of unbranched alkanes of at least 4 members (excludes halogenated alkanes) is 10. The Bertz CT molecular complexity index is 1080. The smallest absolute Gasteiger partial charge is 0.213 e. The van der Waals surface area contributed by atoms with Gasteiger partial charge in [0.15, 0.2) is 17.4 Å². The summed E-state index contributed by atoms with van der Waals surface area (Å²) in [6, 6.07) is 6.61. The monoisotopic (exact) mass is 525 g/mol. The van der Waals surface area contributed by atoms with Gasteiger partial charge in [0.25, 0.3) is 0 Å². The topological polar surface area (TPSA) is 57.1 Å². The first kappa shape index (κ1) is 29.5. The number of ether oxygens (including phenoxy) is 2. The van der Waals surface area contributed by atoms with E-state index in [1.807, 2.05) is 12.1 Å². The van der Waals surface area contributed by atoms with Crippen LogP contribution in [-0.4, -0.2) is 28.2 Å². The van der Waals surface area contributed by atoms with Gasteiger partial charge in [0.05, 0.1) is 18.8 Å². The molecule has 3 rings (SSSR count). The molecule has 0 aliphatic carbocycles. The Balaban J connectivity index is 1.51. The Morgan fingerprint density at radius 2 is 1.16 bits per heavy atom. The van der Waals surface area contributed by atoms with Crippen LogP contribution in [0.1, 0.15) is 90.9 Å². The molecule has 0 spiro atoms. The van der Waals surface area contributed by atoms with Crippen LogP contribution in [0.4, 0.5) is 8.78 Å². The Morgan fingerprint density at radius 3 is 1.76 bits per heavy atom. The Morgan fingerprint density at radius 1 is 0.579 bits per heavy atom. The third-order valence-corrected chi connectivity index (χ3v) is 6.51. The molecule has 2 heterocycles. The lowest BCUT2D eigenvalue weighted by molar-refractivity contribution is 0.285. The summed E-state index contributed by atoms with van der Waals surface area (Å²) in [5.74, 6) is -1.41. The van der Waals surface area contributed by atoms with Crippen LogP contribution < -0.4 is 9.47 Å². The fraction of sp³-hybridized carbons (Fsp3) is 0.516. The normalized spacial score (nSPS) is 11.1. The lowest BCUT2D eigenvalue weighted by Gasteiger charge is -2.10. The third kappa shape index (κ3) is 9.34. The maximum absolute atomic E-state index is 14.8. The van der Waals surface area contributed by atoms with Gasteiger partial charge in [-0.2, -0.15) is 4.39 Å². The number of aromatic nitrogens is 3. The average molecular weight is 526 g/mol. The molecule has 2 aromatic heterocycles. The molecule has 7 heteroatoms. The fourth-order valence-electron chi connectivity index (χ4n) is 4.19. The van der Waals surface area contributed by atoms with Gasteiger partial charge in [-0.3, -0.25) is 0 Å². The summed E-state index contributed by atoms with van der Waals surface area (Å²) in [5, 5.41) is 0. The third-order valence-electron chi connectivity index (χ3n) is 6.51. The Labute approximate surface area is 226 Å². The molecule has 0 radical (unpaired) electrons. The van der Waals surface area contributed by atoms with Gasteiger partial charge in [-0.05, 0) is 31.0 Å². The first-order valence-corrected chi connectivity index (χ1v) is 14.2. The van der Waals surface area contributed by atoms with Gasteiger partial charge >= 0.3 is 0 Å². The molecule has 0 aliphatic heterocycles. The van der Waals surface area contributed by atoms with E-state index in [4.69, 9.17) is 9.47 Å². The van der Waals surface area contributed by atoms with Crippen molar-refractivity contribution in [3.8, 4) is 34.1 Å². The second-order valence-electron chi connectivity index (χ2n) is 9.65. The van der Waals surface area contributed by atoms with E-state index in [9.17, 15) is 8.78 Å². The van der Waals surface area contributed by atoms with Crippen molar-refractivity contribution in [3.05, 3.63) is 54.5 Å². The molecule has 0 bridgehead atoms. The van der Waals surface area contributed by atoms with Crippen molar-refractivity contribution in [1.29, 1.82) is 0 Å². The number of benzene rings is 1. The van der Waals surface area contributed by atoms with Crippen LogP contribution in [0, 0.1) is 11.6 Å². The van der Waals surface area contributed by atoms with Crippen molar-refractivity contribution < 1.29 is 18.3 Å². The fourth-order valence-corrected chi connectivity index (χ4v) is 4.19. The van der Waals surface area contributed by atoms with E-state index >= 15 is 0 Å². The van der Waals surface area contributed by atoms with Crippen molar-refractivity contribution in [2.45, 2.75) is 90.9 Å². The van der Waals surface area contributed by atoms with E-state index in [0.29, 0.717) is 19.1 Å². The molecule has 0 N–H and O–H groups in total. The van der Waals surface area contributed by atoms with Gasteiger partial charge in [0, 0.05) is 35.8 Å². The zero-order valence-corrected chi connectivity index (χ0v) is 22.9. The molecule has 1 aromatic carbocycles. The van der Waals surface area contributed by atoms with E-state index in [1.165, 1.54) is 63.5 Å². The first-order valence-electron chi connectivity index (χ1n) is 14.2. The lowest BCUT2D eigenvalue weighted by Crippen LogP contribution is -2.02. The van der Waals surface area contributed by atoms with Crippen molar-refractivity contribution in [2.24, 2.45) is 0 Å². The molecule has 38 heavy (non-hydrogen) atoms. The average Bonchev–Trinajstić information content (AvgIpc) is 2.95. The highest BCUT2D eigenvalue weighted by Crippen LogP contribution is 2.29.